The van der Waals surface area contributed by atoms with Crippen LogP contribution in [0.1, 0.15) is 65.6 Å². The lowest BCUT2D eigenvalue weighted by Gasteiger charge is -2.42. The molecule has 2 aliphatic heterocycles. The molecule has 234 valence electrons. The second-order valence-corrected chi connectivity index (χ2v) is 19.9. The number of piperazine rings is 1. The molecule has 4 heterocycles. The zero-order valence-corrected chi connectivity index (χ0v) is 29.6. The quantitative estimate of drug-likeness (QED) is 0.197. The van der Waals surface area contributed by atoms with E-state index in [9.17, 15) is 0 Å². The molecule has 44 heavy (non-hydrogen) atoms. The third-order valence-electron chi connectivity index (χ3n) is 10.2. The highest BCUT2D eigenvalue weighted by molar-refractivity contribution is 9.10. The molecule has 2 bridgehead atoms. The second kappa shape index (κ2) is 11.6. The number of benzene rings is 2. The Bertz CT molecular complexity index is 1730. The van der Waals surface area contributed by atoms with E-state index < -0.39 is 20.0 Å². The third-order valence-corrected chi connectivity index (χ3v) is 17.0. The number of nitrogens with zero attached hydrogens (tertiary/aromatic N) is 3. The number of hydrogen-bond acceptors (Lipinski definition) is 5. The molecule has 9 heteroatoms. The zero-order valence-electron chi connectivity index (χ0n) is 27.0. The Labute approximate surface area is 269 Å². The van der Waals surface area contributed by atoms with Crippen molar-refractivity contribution in [1.82, 2.24) is 15.3 Å². The van der Waals surface area contributed by atoms with Crippen LogP contribution in [-0.4, -0.2) is 43.5 Å². The summed E-state index contributed by atoms with van der Waals surface area (Å²) in [6.45, 7) is 19.0. The van der Waals surface area contributed by atoms with Crippen molar-refractivity contribution in [2.24, 2.45) is 0 Å². The monoisotopic (exact) mass is 680 g/mol. The number of anilines is 1. The van der Waals surface area contributed by atoms with Crippen molar-refractivity contribution in [3.63, 3.8) is 0 Å². The van der Waals surface area contributed by atoms with Crippen molar-refractivity contribution in [3.8, 4) is 17.0 Å². The second-order valence-electron chi connectivity index (χ2n) is 13.7. The van der Waals surface area contributed by atoms with Crippen LogP contribution in [0.2, 0.25) is 16.6 Å². The molecule has 6 rings (SSSR count). The molecule has 2 saturated heterocycles. The maximum atomic E-state index is 17.1. The standard InChI is InChI=1S/C35H43BrF2N4OSi/c1-18(2)44(19(3)4,20(5)6)43-26-13-23-9-12-29(37)32(36)31(23)27(14-26)34-33(38)30-21(7)22(8)40-35(28(30)15-39-34)42-16-24-10-11-25(17-42)41-24/h9,12-15,18-20,24-25,41H,10-11,16-17H2,1-8H3. The topological polar surface area (TPSA) is 50.3 Å². The van der Waals surface area contributed by atoms with Gasteiger partial charge in [-0.05, 0) is 88.4 Å². The molecule has 2 aromatic heterocycles. The first-order valence-electron chi connectivity index (χ1n) is 15.9. The minimum absolute atomic E-state index is 0.185. The Hall–Kier alpha value is -2.62. The molecule has 2 atom stereocenters. The Morgan fingerprint density at radius 1 is 0.955 bits per heavy atom. The van der Waals surface area contributed by atoms with E-state index in [1.165, 1.54) is 6.07 Å². The van der Waals surface area contributed by atoms with Crippen LogP contribution in [0.4, 0.5) is 14.6 Å². The molecule has 5 nitrogen and oxygen atoms in total. The van der Waals surface area contributed by atoms with E-state index in [-0.39, 0.29) is 10.2 Å². The maximum Gasteiger partial charge on any atom is 0.258 e. The van der Waals surface area contributed by atoms with Gasteiger partial charge >= 0.3 is 0 Å². The molecule has 1 N–H and O–H groups in total. The molecular formula is C35H43BrF2N4OSi. The molecule has 2 unspecified atom stereocenters. The van der Waals surface area contributed by atoms with Crippen molar-refractivity contribution >= 4 is 51.6 Å². The number of pyridine rings is 2. The van der Waals surface area contributed by atoms with Gasteiger partial charge in [0.25, 0.3) is 8.32 Å². The van der Waals surface area contributed by atoms with Gasteiger partial charge in [0.15, 0.2) is 5.82 Å². The van der Waals surface area contributed by atoms with Crippen molar-refractivity contribution in [1.29, 1.82) is 0 Å². The van der Waals surface area contributed by atoms with Gasteiger partial charge in [-0.1, -0.05) is 47.6 Å². The number of rotatable bonds is 7. The summed E-state index contributed by atoms with van der Waals surface area (Å²) in [6, 6.07) is 7.86. The molecule has 0 saturated carbocycles. The van der Waals surface area contributed by atoms with Gasteiger partial charge in [-0.15, -0.1) is 0 Å². The fourth-order valence-electron chi connectivity index (χ4n) is 8.08. The molecule has 0 radical (unpaired) electrons. The predicted molar refractivity (Wildman–Crippen MR) is 183 cm³/mol. The van der Waals surface area contributed by atoms with Crippen LogP contribution in [0.5, 0.6) is 5.75 Å². The average molecular weight is 682 g/mol. The van der Waals surface area contributed by atoms with E-state index in [4.69, 9.17) is 14.4 Å². The predicted octanol–water partition coefficient (Wildman–Crippen LogP) is 9.60. The number of aromatic nitrogens is 2. The summed E-state index contributed by atoms with van der Waals surface area (Å²) in [5, 5.41) is 6.25. The van der Waals surface area contributed by atoms with E-state index in [0.717, 1.165) is 48.4 Å². The number of nitrogens with one attached hydrogen (secondary N) is 1. The van der Waals surface area contributed by atoms with Crippen LogP contribution < -0.4 is 14.6 Å². The summed E-state index contributed by atoms with van der Waals surface area (Å²) < 4.78 is 39.5. The first-order valence-corrected chi connectivity index (χ1v) is 18.8. The Kier molecular flexibility index (Phi) is 8.29. The smallest absolute Gasteiger partial charge is 0.258 e. The molecule has 0 spiro atoms. The maximum absolute atomic E-state index is 17.1. The molecule has 0 aliphatic carbocycles. The molecule has 2 aliphatic rings. The number of hydrogen-bond donors (Lipinski definition) is 1. The van der Waals surface area contributed by atoms with Crippen LogP contribution in [-0.2, 0) is 0 Å². The summed E-state index contributed by atoms with van der Waals surface area (Å²) in [5.41, 5.74) is 3.35. The van der Waals surface area contributed by atoms with Gasteiger partial charge in [-0.3, -0.25) is 4.98 Å². The van der Waals surface area contributed by atoms with Gasteiger partial charge in [-0.25, -0.2) is 13.8 Å². The van der Waals surface area contributed by atoms with E-state index >= 15 is 8.78 Å². The number of aryl methyl sites for hydroxylation is 2. The Morgan fingerprint density at radius 3 is 2.20 bits per heavy atom. The highest BCUT2D eigenvalue weighted by atomic mass is 79.9. The first kappa shape index (κ1) is 31.4. The summed E-state index contributed by atoms with van der Waals surface area (Å²) >= 11 is 3.49. The summed E-state index contributed by atoms with van der Waals surface area (Å²) in [4.78, 5) is 12.0. The van der Waals surface area contributed by atoms with E-state index in [0.29, 0.717) is 56.2 Å². The SMILES string of the molecule is Cc1nc(N2CC3CCC(C2)N3)c2cnc(-c3cc(O[Si](C(C)C)(C(C)C)C(C)C)cc4ccc(F)c(Br)c34)c(F)c2c1C. The lowest BCUT2D eigenvalue weighted by atomic mass is 9.97. The Balaban J connectivity index is 1.58. The first-order chi connectivity index (χ1) is 20.8. The molecule has 2 fully saturated rings. The normalized spacial score (nSPS) is 18.9. The molecule has 2 aromatic carbocycles. The van der Waals surface area contributed by atoms with Crippen LogP contribution in [0.3, 0.4) is 0 Å². The minimum atomic E-state index is -2.33. The fourth-order valence-corrected chi connectivity index (χ4v) is 13.9. The van der Waals surface area contributed by atoms with Crippen LogP contribution >= 0.6 is 15.9 Å². The number of halogens is 3. The summed E-state index contributed by atoms with van der Waals surface area (Å²) in [6.07, 6.45) is 4.05. The van der Waals surface area contributed by atoms with Crippen molar-refractivity contribution in [2.75, 3.05) is 18.0 Å². The molecule has 4 aromatic rings. The fraction of sp³-hybridized carbons (Fsp3) is 0.486. The summed E-state index contributed by atoms with van der Waals surface area (Å²) in [5.74, 6) is 0.639. The van der Waals surface area contributed by atoms with Gasteiger partial charge < -0.3 is 14.6 Å². The summed E-state index contributed by atoms with van der Waals surface area (Å²) in [7, 11) is -2.33. The van der Waals surface area contributed by atoms with Gasteiger partial charge in [0.2, 0.25) is 0 Å². The average Bonchev–Trinajstić information content (AvgIpc) is 3.31. The van der Waals surface area contributed by atoms with E-state index in [1.54, 1.807) is 12.3 Å². The Morgan fingerprint density at radius 2 is 1.59 bits per heavy atom. The van der Waals surface area contributed by atoms with E-state index in [2.05, 4.69) is 67.7 Å². The minimum Gasteiger partial charge on any atom is -0.543 e. The largest absolute Gasteiger partial charge is 0.543 e. The van der Waals surface area contributed by atoms with Gasteiger partial charge in [0, 0.05) is 58.8 Å². The molecular weight excluding hydrogens is 638 g/mol. The lowest BCUT2D eigenvalue weighted by Crippen LogP contribution is -2.51. The van der Waals surface area contributed by atoms with Crippen molar-refractivity contribution < 1.29 is 13.2 Å². The third kappa shape index (κ3) is 5.03. The van der Waals surface area contributed by atoms with Crippen LogP contribution in [0.25, 0.3) is 32.8 Å². The van der Waals surface area contributed by atoms with E-state index in [1.807, 2.05) is 26.0 Å². The van der Waals surface area contributed by atoms with Crippen LogP contribution in [0, 0.1) is 25.5 Å². The lowest BCUT2D eigenvalue weighted by molar-refractivity contribution is 0.464. The molecule has 0 amide bonds. The zero-order chi connectivity index (χ0) is 31.7. The number of fused-ring (bicyclic) bond motifs is 4. The van der Waals surface area contributed by atoms with Crippen molar-refractivity contribution in [2.45, 2.75) is 96.9 Å². The highest BCUT2D eigenvalue weighted by Gasteiger charge is 2.47. The van der Waals surface area contributed by atoms with Crippen LogP contribution in [0.15, 0.2) is 34.9 Å². The van der Waals surface area contributed by atoms with Gasteiger partial charge in [0.1, 0.15) is 23.1 Å². The highest BCUT2D eigenvalue weighted by Crippen LogP contribution is 2.46. The van der Waals surface area contributed by atoms with Gasteiger partial charge in [-0.2, -0.15) is 0 Å². The van der Waals surface area contributed by atoms with Gasteiger partial charge in [0.05, 0.1) is 4.47 Å². The van der Waals surface area contributed by atoms with Crippen molar-refractivity contribution in [3.05, 3.63) is 57.8 Å².